The van der Waals surface area contributed by atoms with Gasteiger partial charge >= 0.3 is 11.9 Å². The molecule has 0 saturated heterocycles. The van der Waals surface area contributed by atoms with Crippen molar-refractivity contribution in [2.24, 2.45) is 0 Å². The van der Waals surface area contributed by atoms with Crippen LogP contribution in [0.4, 0.5) is 14.5 Å². The number of nitrogens with zero attached hydrogens (tertiary/aromatic N) is 3. The monoisotopic (exact) mass is 519 g/mol. The molecule has 4 aromatic rings. The van der Waals surface area contributed by atoms with E-state index in [4.69, 9.17) is 0 Å². The van der Waals surface area contributed by atoms with Crippen molar-refractivity contribution >= 4 is 17.6 Å². The van der Waals surface area contributed by atoms with Gasteiger partial charge < -0.3 is 9.47 Å². The molecule has 192 valence electrons. The molecule has 0 atom stereocenters. The fourth-order valence-corrected chi connectivity index (χ4v) is 4.09. The molecular weight excluding hydrogens is 500 g/mol. The highest BCUT2D eigenvalue weighted by molar-refractivity contribution is 5.92. The van der Waals surface area contributed by atoms with E-state index in [1.54, 1.807) is 24.4 Å². The van der Waals surface area contributed by atoms with Crippen LogP contribution < -0.4 is 0 Å². The maximum absolute atomic E-state index is 13.7. The molecule has 0 amide bonds. The van der Waals surface area contributed by atoms with Crippen LogP contribution in [-0.2, 0) is 15.9 Å². The summed E-state index contributed by atoms with van der Waals surface area (Å²) in [5.41, 5.74) is 3.46. The number of aromatic nitrogens is 2. The number of hydrogen-bond acceptors (Lipinski definition) is 8. The van der Waals surface area contributed by atoms with Crippen LogP contribution in [-0.4, -0.2) is 41.0 Å². The number of carbonyl (C=O) groups excluding carboxylic acids is 2. The molecule has 5 rings (SSSR count). The van der Waals surface area contributed by atoms with E-state index in [2.05, 4.69) is 19.4 Å². The average Bonchev–Trinajstić information content (AvgIpc) is 3.31. The smallest absolute Gasteiger partial charge is 0.338 e. The first-order chi connectivity index (χ1) is 18.2. The number of carbonyl (C=O) groups is 2. The molecule has 38 heavy (non-hydrogen) atoms. The van der Waals surface area contributed by atoms with Crippen molar-refractivity contribution in [3.05, 3.63) is 111 Å². The summed E-state index contributed by atoms with van der Waals surface area (Å²) in [4.78, 5) is 40.7. The number of nitro benzene ring substituents is 1. The van der Waals surface area contributed by atoms with Gasteiger partial charge in [0.25, 0.3) is 5.69 Å². The number of nitro groups is 1. The molecule has 11 heteroatoms. The van der Waals surface area contributed by atoms with Crippen molar-refractivity contribution in [1.29, 1.82) is 0 Å². The lowest BCUT2D eigenvalue weighted by molar-refractivity contribution is -0.384. The molecule has 0 N–H and O–H groups in total. The predicted molar refractivity (Wildman–Crippen MR) is 131 cm³/mol. The second-order valence-corrected chi connectivity index (χ2v) is 8.03. The number of ether oxygens (including phenoxy) is 2. The lowest BCUT2D eigenvalue weighted by Gasteiger charge is -2.06. The Labute approximate surface area is 214 Å². The third kappa shape index (κ3) is 5.07. The van der Waals surface area contributed by atoms with Crippen LogP contribution >= 0.6 is 0 Å². The summed E-state index contributed by atoms with van der Waals surface area (Å²) < 4.78 is 36.6. The molecule has 2 heterocycles. The fourth-order valence-electron chi connectivity index (χ4n) is 4.09. The van der Waals surface area contributed by atoms with Gasteiger partial charge in [0.1, 0.15) is 11.6 Å². The molecule has 0 saturated carbocycles. The molecule has 0 spiro atoms. The zero-order valence-corrected chi connectivity index (χ0v) is 20.1. The molecule has 0 radical (unpaired) electrons. The van der Waals surface area contributed by atoms with Crippen LogP contribution in [0.3, 0.4) is 0 Å². The normalized spacial score (nSPS) is 10.9. The Morgan fingerprint density at radius 2 is 1.45 bits per heavy atom. The minimum atomic E-state index is -0.699. The Balaban J connectivity index is 0.000000178. The number of methoxy groups -OCH3 is 2. The highest BCUT2D eigenvalue weighted by atomic mass is 19.1. The van der Waals surface area contributed by atoms with Gasteiger partial charge in [0.15, 0.2) is 0 Å². The van der Waals surface area contributed by atoms with Crippen molar-refractivity contribution in [2.45, 2.75) is 6.42 Å². The van der Waals surface area contributed by atoms with Gasteiger partial charge in [-0.3, -0.25) is 20.1 Å². The van der Waals surface area contributed by atoms with E-state index in [0.717, 1.165) is 29.0 Å². The average molecular weight is 519 g/mol. The number of fused-ring (bicyclic) bond motifs is 3. The van der Waals surface area contributed by atoms with Gasteiger partial charge in [-0.25, -0.2) is 18.4 Å². The standard InChI is InChI=1S/C14H10FNO2.C13H9FN2O4/c1-18-14(17)8-2-3-11-9(4-8)5-10-6-16-7-12(15)13(10)11;1-20-13(17)8-2-3-10(12(6-8)16(18)19)9-4-5-15-7-11(9)14/h2-4,6-7H,5H2,1H3;2-7H,1H3. The highest BCUT2D eigenvalue weighted by Crippen LogP contribution is 2.38. The summed E-state index contributed by atoms with van der Waals surface area (Å²) in [6.45, 7) is 0. The lowest BCUT2D eigenvalue weighted by Crippen LogP contribution is -2.03. The number of pyridine rings is 2. The Hall–Kier alpha value is -5.06. The minimum absolute atomic E-state index is 0.0254. The van der Waals surface area contributed by atoms with Gasteiger partial charge in [0, 0.05) is 36.0 Å². The van der Waals surface area contributed by atoms with Crippen LogP contribution in [0.5, 0.6) is 0 Å². The third-order valence-corrected chi connectivity index (χ3v) is 5.83. The fraction of sp³-hybridized carbons (Fsp3) is 0.111. The molecular formula is C27H19F2N3O6. The van der Waals surface area contributed by atoms with E-state index in [-0.39, 0.29) is 34.2 Å². The van der Waals surface area contributed by atoms with Gasteiger partial charge in [0.05, 0.1) is 48.2 Å². The summed E-state index contributed by atoms with van der Waals surface area (Å²) in [5.74, 6) is -2.08. The number of halogens is 2. The number of benzene rings is 2. The molecule has 1 aliphatic rings. The number of hydrogen-bond donors (Lipinski definition) is 0. The van der Waals surface area contributed by atoms with Gasteiger partial charge in [-0.05, 0) is 47.0 Å². The van der Waals surface area contributed by atoms with Crippen molar-refractivity contribution in [1.82, 2.24) is 9.97 Å². The second-order valence-electron chi connectivity index (χ2n) is 8.03. The predicted octanol–water partition coefficient (Wildman–Crippen LogP) is 5.16. The zero-order chi connectivity index (χ0) is 27.4. The Kier molecular flexibility index (Phi) is 7.47. The second kappa shape index (κ2) is 10.9. The van der Waals surface area contributed by atoms with Crippen LogP contribution in [0.1, 0.15) is 31.8 Å². The third-order valence-electron chi connectivity index (χ3n) is 5.83. The quantitative estimate of drug-likeness (QED) is 0.181. The Morgan fingerprint density at radius 3 is 2.08 bits per heavy atom. The summed E-state index contributed by atoms with van der Waals surface area (Å²) in [5, 5.41) is 11.1. The summed E-state index contributed by atoms with van der Waals surface area (Å²) >= 11 is 0. The van der Waals surface area contributed by atoms with Crippen LogP contribution in [0, 0.1) is 21.7 Å². The van der Waals surface area contributed by atoms with E-state index in [9.17, 15) is 28.5 Å². The van der Waals surface area contributed by atoms with Gasteiger partial charge in [0.2, 0.25) is 0 Å². The lowest BCUT2D eigenvalue weighted by atomic mass is 10.0. The Morgan fingerprint density at radius 1 is 0.816 bits per heavy atom. The summed E-state index contributed by atoms with van der Waals surface area (Å²) in [6.07, 6.45) is 5.77. The van der Waals surface area contributed by atoms with Gasteiger partial charge in [-0.2, -0.15) is 0 Å². The Bertz CT molecular complexity index is 1570. The maximum Gasteiger partial charge on any atom is 0.338 e. The molecule has 0 bridgehead atoms. The van der Waals surface area contributed by atoms with Crippen LogP contribution in [0.15, 0.2) is 67.3 Å². The van der Waals surface area contributed by atoms with E-state index in [0.29, 0.717) is 17.5 Å². The summed E-state index contributed by atoms with van der Waals surface area (Å²) in [6, 6.07) is 10.2. The SMILES string of the molecule is COC(=O)c1ccc(-c2ccncc2F)c([N+](=O)[O-])c1.COC(=O)c1ccc2c(c1)Cc1cncc(F)c1-2. The van der Waals surface area contributed by atoms with Crippen molar-refractivity contribution < 1.29 is 32.8 Å². The molecule has 0 unspecified atom stereocenters. The van der Waals surface area contributed by atoms with Crippen molar-refractivity contribution in [3.63, 3.8) is 0 Å². The number of esters is 2. The van der Waals surface area contributed by atoms with Crippen molar-refractivity contribution in [3.8, 4) is 22.3 Å². The van der Waals surface area contributed by atoms with Crippen molar-refractivity contribution in [2.75, 3.05) is 14.2 Å². The molecule has 0 fully saturated rings. The topological polar surface area (TPSA) is 122 Å². The van der Waals surface area contributed by atoms with Gasteiger partial charge in [-0.15, -0.1) is 0 Å². The van der Waals surface area contributed by atoms with Crippen LogP contribution in [0.2, 0.25) is 0 Å². The van der Waals surface area contributed by atoms with Gasteiger partial charge in [-0.1, -0.05) is 6.07 Å². The van der Waals surface area contributed by atoms with E-state index in [1.165, 1.54) is 44.8 Å². The first-order valence-electron chi connectivity index (χ1n) is 11.1. The highest BCUT2D eigenvalue weighted by Gasteiger charge is 2.23. The minimum Gasteiger partial charge on any atom is -0.465 e. The zero-order valence-electron chi connectivity index (χ0n) is 20.1. The first-order valence-corrected chi connectivity index (χ1v) is 11.1. The summed E-state index contributed by atoms with van der Waals surface area (Å²) in [7, 11) is 2.51. The van der Waals surface area contributed by atoms with E-state index < -0.39 is 16.7 Å². The maximum atomic E-state index is 13.7. The first kappa shape index (κ1) is 26.0. The molecule has 0 aliphatic heterocycles. The largest absolute Gasteiger partial charge is 0.465 e. The molecule has 1 aliphatic carbocycles. The molecule has 9 nitrogen and oxygen atoms in total. The van der Waals surface area contributed by atoms with Crippen LogP contribution in [0.25, 0.3) is 22.3 Å². The molecule has 2 aromatic carbocycles. The van der Waals surface area contributed by atoms with E-state index in [1.807, 2.05) is 0 Å². The number of rotatable bonds is 4. The molecule has 2 aromatic heterocycles. The van der Waals surface area contributed by atoms with E-state index >= 15 is 0 Å².